The number of rotatable bonds is 5. The van der Waals surface area contributed by atoms with Crippen LogP contribution < -0.4 is 0 Å². The van der Waals surface area contributed by atoms with E-state index in [1.54, 1.807) is 0 Å². The summed E-state index contributed by atoms with van der Waals surface area (Å²) in [6.45, 7) is 5.54. The van der Waals surface area contributed by atoms with Crippen molar-refractivity contribution in [1.29, 1.82) is 0 Å². The van der Waals surface area contributed by atoms with Crippen LogP contribution in [0.4, 0.5) is 0 Å². The standard InChI is InChI=1S/C20H24N6O3/c1-13(2)26-17-8-4-3-7-15(17)21-19(26)14-6-5-9-24(10-14)18(27)12-25-11-16(20(28)29)22-23-25/h3-4,7-8,11,13-14H,5-6,9-10,12H2,1-2H3,(H,28,29). The van der Waals surface area contributed by atoms with Gasteiger partial charge < -0.3 is 14.6 Å². The molecule has 152 valence electrons. The lowest BCUT2D eigenvalue weighted by Gasteiger charge is -2.33. The summed E-state index contributed by atoms with van der Waals surface area (Å²) in [4.78, 5) is 30.4. The Morgan fingerprint density at radius 1 is 1.28 bits per heavy atom. The highest BCUT2D eigenvalue weighted by Crippen LogP contribution is 2.31. The van der Waals surface area contributed by atoms with Crippen LogP contribution in [0, 0.1) is 0 Å². The number of carbonyl (C=O) groups is 2. The van der Waals surface area contributed by atoms with E-state index in [2.05, 4.69) is 34.8 Å². The Balaban J connectivity index is 1.54. The van der Waals surface area contributed by atoms with Crippen molar-refractivity contribution in [3.63, 3.8) is 0 Å². The van der Waals surface area contributed by atoms with Gasteiger partial charge in [0.1, 0.15) is 12.4 Å². The van der Waals surface area contributed by atoms with Gasteiger partial charge in [-0.2, -0.15) is 0 Å². The molecule has 3 aromatic rings. The lowest BCUT2D eigenvalue weighted by molar-refractivity contribution is -0.133. The van der Waals surface area contributed by atoms with Gasteiger partial charge in [0.05, 0.1) is 17.2 Å². The Bertz CT molecular complexity index is 1050. The van der Waals surface area contributed by atoms with Crippen molar-refractivity contribution < 1.29 is 14.7 Å². The molecular weight excluding hydrogens is 372 g/mol. The number of carboxylic acids is 1. The molecule has 1 aliphatic heterocycles. The van der Waals surface area contributed by atoms with Crippen LogP contribution in [-0.2, 0) is 11.3 Å². The first-order chi connectivity index (χ1) is 13.9. The largest absolute Gasteiger partial charge is 0.476 e. The zero-order chi connectivity index (χ0) is 20.5. The number of nitrogens with zero attached hydrogens (tertiary/aromatic N) is 6. The van der Waals surface area contributed by atoms with Gasteiger partial charge >= 0.3 is 5.97 Å². The Labute approximate surface area is 167 Å². The Morgan fingerprint density at radius 3 is 2.79 bits per heavy atom. The van der Waals surface area contributed by atoms with Crippen LogP contribution in [0.2, 0.25) is 0 Å². The number of fused-ring (bicyclic) bond motifs is 1. The molecule has 4 rings (SSSR count). The molecular formula is C20H24N6O3. The summed E-state index contributed by atoms with van der Waals surface area (Å²) in [7, 11) is 0. The first-order valence-corrected chi connectivity index (χ1v) is 9.82. The summed E-state index contributed by atoms with van der Waals surface area (Å²) in [6.07, 6.45) is 3.15. The van der Waals surface area contributed by atoms with E-state index in [-0.39, 0.29) is 30.1 Å². The third-order valence-corrected chi connectivity index (χ3v) is 5.33. The van der Waals surface area contributed by atoms with E-state index >= 15 is 0 Å². The minimum Gasteiger partial charge on any atom is -0.476 e. The van der Waals surface area contributed by atoms with Gasteiger partial charge in [-0.05, 0) is 38.8 Å². The monoisotopic (exact) mass is 396 g/mol. The molecule has 1 atom stereocenters. The number of para-hydroxylation sites is 2. The van der Waals surface area contributed by atoms with E-state index in [0.29, 0.717) is 13.1 Å². The molecule has 0 bridgehead atoms. The molecule has 0 spiro atoms. The molecule has 1 aliphatic rings. The molecule has 3 heterocycles. The maximum absolute atomic E-state index is 12.8. The third-order valence-electron chi connectivity index (χ3n) is 5.33. The number of likely N-dealkylation sites (tertiary alicyclic amines) is 1. The van der Waals surface area contributed by atoms with Crippen molar-refractivity contribution in [2.24, 2.45) is 0 Å². The summed E-state index contributed by atoms with van der Waals surface area (Å²) >= 11 is 0. The maximum atomic E-state index is 12.8. The Hall–Kier alpha value is -3.23. The fraction of sp³-hybridized carbons (Fsp3) is 0.450. The van der Waals surface area contributed by atoms with E-state index in [0.717, 1.165) is 29.7 Å². The maximum Gasteiger partial charge on any atom is 0.358 e. The fourth-order valence-electron chi connectivity index (χ4n) is 4.02. The summed E-state index contributed by atoms with van der Waals surface area (Å²) in [5, 5.41) is 16.3. The number of amides is 1. The van der Waals surface area contributed by atoms with Gasteiger partial charge in [0.15, 0.2) is 5.69 Å². The minimum absolute atomic E-state index is 0.0202. The van der Waals surface area contributed by atoms with E-state index in [4.69, 9.17) is 10.1 Å². The van der Waals surface area contributed by atoms with Crippen LogP contribution in [0.15, 0.2) is 30.5 Å². The summed E-state index contributed by atoms with van der Waals surface area (Å²) in [5.74, 6) is -0.0708. The van der Waals surface area contributed by atoms with E-state index in [1.165, 1.54) is 10.9 Å². The number of aromatic nitrogens is 5. The first kappa shape index (κ1) is 19.1. The lowest BCUT2D eigenvalue weighted by atomic mass is 9.96. The minimum atomic E-state index is -1.16. The number of imidazole rings is 1. The molecule has 1 fully saturated rings. The van der Waals surface area contributed by atoms with Crippen molar-refractivity contribution in [3.05, 3.63) is 42.0 Å². The quantitative estimate of drug-likeness (QED) is 0.709. The molecule has 1 amide bonds. The fourth-order valence-corrected chi connectivity index (χ4v) is 4.02. The van der Waals surface area contributed by atoms with E-state index < -0.39 is 5.97 Å². The number of carboxylic acid groups (broad SMARTS) is 1. The molecule has 29 heavy (non-hydrogen) atoms. The van der Waals surface area contributed by atoms with Crippen LogP contribution in [-0.4, -0.2) is 59.5 Å². The molecule has 0 saturated carbocycles. The molecule has 0 radical (unpaired) electrons. The second-order valence-electron chi connectivity index (χ2n) is 7.71. The topological polar surface area (TPSA) is 106 Å². The van der Waals surface area contributed by atoms with Crippen LogP contribution in [0.3, 0.4) is 0 Å². The summed E-state index contributed by atoms with van der Waals surface area (Å²) in [5.41, 5.74) is 1.92. The van der Waals surface area contributed by atoms with Crippen molar-refractivity contribution in [1.82, 2.24) is 29.4 Å². The van der Waals surface area contributed by atoms with Crippen molar-refractivity contribution in [3.8, 4) is 0 Å². The average molecular weight is 396 g/mol. The van der Waals surface area contributed by atoms with Crippen molar-refractivity contribution in [2.45, 2.75) is 45.2 Å². The Kier molecular flexibility index (Phi) is 5.04. The molecule has 9 nitrogen and oxygen atoms in total. The summed E-state index contributed by atoms with van der Waals surface area (Å²) in [6, 6.07) is 8.39. The molecule has 1 aromatic carbocycles. The molecule has 1 N–H and O–H groups in total. The normalized spacial score (nSPS) is 17.2. The van der Waals surface area contributed by atoms with Crippen molar-refractivity contribution in [2.75, 3.05) is 13.1 Å². The van der Waals surface area contributed by atoms with Gasteiger partial charge in [-0.15, -0.1) is 5.10 Å². The van der Waals surface area contributed by atoms with E-state index in [1.807, 2.05) is 23.1 Å². The predicted octanol–water partition coefficient (Wildman–Crippen LogP) is 2.31. The second-order valence-corrected chi connectivity index (χ2v) is 7.71. The van der Waals surface area contributed by atoms with Crippen LogP contribution in [0.5, 0.6) is 0 Å². The molecule has 1 saturated heterocycles. The zero-order valence-electron chi connectivity index (χ0n) is 16.5. The number of hydrogen-bond acceptors (Lipinski definition) is 5. The van der Waals surface area contributed by atoms with Crippen LogP contribution in [0.1, 0.15) is 55.0 Å². The smallest absolute Gasteiger partial charge is 0.358 e. The number of carbonyl (C=O) groups excluding carboxylic acids is 1. The molecule has 9 heteroatoms. The highest BCUT2D eigenvalue weighted by atomic mass is 16.4. The number of benzene rings is 1. The van der Waals surface area contributed by atoms with Gasteiger partial charge in [-0.3, -0.25) is 4.79 Å². The van der Waals surface area contributed by atoms with E-state index in [9.17, 15) is 9.59 Å². The first-order valence-electron chi connectivity index (χ1n) is 9.82. The number of hydrogen-bond donors (Lipinski definition) is 1. The lowest BCUT2D eigenvalue weighted by Crippen LogP contribution is -2.41. The van der Waals surface area contributed by atoms with Gasteiger partial charge in [0.2, 0.25) is 5.91 Å². The van der Waals surface area contributed by atoms with Gasteiger partial charge in [-0.1, -0.05) is 17.3 Å². The summed E-state index contributed by atoms with van der Waals surface area (Å²) < 4.78 is 3.54. The third kappa shape index (κ3) is 3.72. The molecule has 1 unspecified atom stereocenters. The van der Waals surface area contributed by atoms with Gasteiger partial charge in [0, 0.05) is 25.0 Å². The predicted molar refractivity (Wildman–Crippen MR) is 106 cm³/mol. The second kappa shape index (κ2) is 7.65. The highest BCUT2D eigenvalue weighted by molar-refractivity contribution is 5.85. The number of piperidine rings is 1. The van der Waals surface area contributed by atoms with Gasteiger partial charge in [0.25, 0.3) is 0 Å². The number of aromatic carboxylic acids is 1. The zero-order valence-corrected chi connectivity index (χ0v) is 16.5. The molecule has 0 aliphatic carbocycles. The highest BCUT2D eigenvalue weighted by Gasteiger charge is 2.29. The SMILES string of the molecule is CC(C)n1c(C2CCCN(C(=O)Cn3cc(C(=O)O)nn3)C2)nc2ccccc21. The average Bonchev–Trinajstić information content (AvgIpc) is 3.32. The molecule has 2 aromatic heterocycles. The van der Waals surface area contributed by atoms with Crippen molar-refractivity contribution >= 4 is 22.9 Å². The Morgan fingerprint density at radius 2 is 2.07 bits per heavy atom. The van der Waals surface area contributed by atoms with Crippen LogP contribution >= 0.6 is 0 Å². The van der Waals surface area contributed by atoms with Gasteiger partial charge in [-0.25, -0.2) is 14.5 Å². The van der Waals surface area contributed by atoms with Crippen LogP contribution in [0.25, 0.3) is 11.0 Å².